The van der Waals surface area contributed by atoms with Crippen molar-refractivity contribution < 1.29 is 9.90 Å². The predicted octanol–water partition coefficient (Wildman–Crippen LogP) is 0.375. The highest BCUT2D eigenvalue weighted by Gasteiger charge is 2.19. The van der Waals surface area contributed by atoms with Crippen molar-refractivity contribution in [3.63, 3.8) is 0 Å². The summed E-state index contributed by atoms with van der Waals surface area (Å²) >= 11 is 0. The molecule has 0 aromatic rings. The van der Waals surface area contributed by atoms with Crippen LogP contribution in [0.4, 0.5) is 0 Å². The summed E-state index contributed by atoms with van der Waals surface area (Å²) in [4.78, 5) is 18.4. The van der Waals surface area contributed by atoms with Gasteiger partial charge in [-0.2, -0.15) is 0 Å². The Morgan fingerprint density at radius 1 is 1.55 bits per heavy atom. The van der Waals surface area contributed by atoms with E-state index in [1.807, 2.05) is 6.92 Å². The largest absolute Gasteiger partial charge is 0.480 e. The zero-order valence-electron chi connectivity index (χ0n) is 6.53. The number of carboxylic acids is 1. The second-order valence-electron chi connectivity index (χ2n) is 2.49. The maximum atomic E-state index is 10.4. The van der Waals surface area contributed by atoms with E-state index in [0.717, 1.165) is 11.4 Å². The molecule has 4 nitrogen and oxygen atoms in total. The Kier molecular flexibility index (Phi) is 2.03. The molecule has 0 amide bonds. The van der Waals surface area contributed by atoms with Gasteiger partial charge in [-0.1, -0.05) is 0 Å². The van der Waals surface area contributed by atoms with Gasteiger partial charge in [0.25, 0.3) is 0 Å². The molecule has 0 saturated heterocycles. The zero-order valence-corrected chi connectivity index (χ0v) is 6.53. The fourth-order valence-corrected chi connectivity index (χ4v) is 0.839. The number of aliphatic imine (C=N–C) groups is 2. The van der Waals surface area contributed by atoms with Crippen molar-refractivity contribution in [1.29, 1.82) is 0 Å². The fraction of sp³-hybridized carbons (Fsp3) is 0.571. The van der Waals surface area contributed by atoms with E-state index in [1.54, 1.807) is 6.92 Å². The summed E-state index contributed by atoms with van der Waals surface area (Å²) in [6.07, 6.45) is 0. The highest BCUT2D eigenvalue weighted by atomic mass is 16.4. The van der Waals surface area contributed by atoms with Crippen LogP contribution in [0.25, 0.3) is 0 Å². The lowest BCUT2D eigenvalue weighted by atomic mass is 10.2. The predicted molar refractivity (Wildman–Crippen MR) is 42.5 cm³/mol. The maximum Gasteiger partial charge on any atom is 0.330 e. The lowest BCUT2D eigenvalue weighted by Crippen LogP contribution is -2.28. The Balaban J connectivity index is 2.77. The summed E-state index contributed by atoms with van der Waals surface area (Å²) in [5, 5.41) is 8.57. The Labute approximate surface area is 64.7 Å². The van der Waals surface area contributed by atoms with E-state index in [9.17, 15) is 4.79 Å². The van der Waals surface area contributed by atoms with Crippen LogP contribution in [0.3, 0.4) is 0 Å². The number of hydrogen-bond donors (Lipinski definition) is 1. The van der Waals surface area contributed by atoms with Gasteiger partial charge in [0, 0.05) is 0 Å². The Morgan fingerprint density at radius 2 is 2.18 bits per heavy atom. The molecule has 0 radical (unpaired) electrons. The minimum Gasteiger partial charge on any atom is -0.480 e. The second-order valence-corrected chi connectivity index (χ2v) is 2.49. The molecule has 1 aliphatic heterocycles. The molecule has 0 spiro atoms. The second kappa shape index (κ2) is 2.82. The van der Waals surface area contributed by atoms with E-state index >= 15 is 0 Å². The number of rotatable bonds is 1. The van der Waals surface area contributed by atoms with Crippen molar-refractivity contribution in [3.05, 3.63) is 0 Å². The standard InChI is InChI=1S/C7H10N2O2/c1-4-5(2)9-6(3-8-4)7(10)11/h6H,3H2,1-2H3,(H,10,11)/t6-/m1/s1. The summed E-state index contributed by atoms with van der Waals surface area (Å²) in [6, 6.07) is -0.668. The van der Waals surface area contributed by atoms with Gasteiger partial charge in [0.2, 0.25) is 0 Å². The molecule has 1 heterocycles. The van der Waals surface area contributed by atoms with Crippen LogP contribution < -0.4 is 0 Å². The number of carboxylic acid groups (broad SMARTS) is 1. The van der Waals surface area contributed by atoms with Crippen molar-refractivity contribution >= 4 is 17.4 Å². The molecule has 0 aliphatic carbocycles. The SMILES string of the molecule is CC1=NC[C@H](C(=O)O)N=C1C. The van der Waals surface area contributed by atoms with E-state index in [1.165, 1.54) is 0 Å². The summed E-state index contributed by atoms with van der Waals surface area (Å²) in [7, 11) is 0. The molecular weight excluding hydrogens is 144 g/mol. The lowest BCUT2D eigenvalue weighted by Gasteiger charge is -2.12. The maximum absolute atomic E-state index is 10.4. The normalized spacial score (nSPS) is 24.0. The van der Waals surface area contributed by atoms with Crippen LogP contribution in [-0.2, 0) is 4.79 Å². The van der Waals surface area contributed by atoms with Gasteiger partial charge in [0.05, 0.1) is 18.0 Å². The van der Waals surface area contributed by atoms with Crippen LogP contribution >= 0.6 is 0 Å². The summed E-state index contributed by atoms with van der Waals surface area (Å²) in [5.74, 6) is -0.902. The molecule has 1 aliphatic rings. The first kappa shape index (κ1) is 7.91. The summed E-state index contributed by atoms with van der Waals surface area (Å²) in [5.41, 5.74) is 1.56. The minimum atomic E-state index is -0.902. The van der Waals surface area contributed by atoms with Gasteiger partial charge in [0.1, 0.15) is 0 Å². The van der Waals surface area contributed by atoms with Crippen molar-refractivity contribution in [2.75, 3.05) is 6.54 Å². The van der Waals surface area contributed by atoms with Crippen molar-refractivity contribution in [2.24, 2.45) is 9.98 Å². The third kappa shape index (κ3) is 1.63. The topological polar surface area (TPSA) is 62.0 Å². The quantitative estimate of drug-likeness (QED) is 0.593. The molecule has 0 unspecified atom stereocenters. The molecule has 0 aromatic heterocycles. The Bertz CT molecular complexity index is 243. The molecule has 1 rings (SSSR count). The molecule has 0 aromatic carbocycles. The average Bonchev–Trinajstić information content (AvgIpc) is 1.94. The first-order valence-corrected chi connectivity index (χ1v) is 3.40. The first-order chi connectivity index (χ1) is 5.11. The highest BCUT2D eigenvalue weighted by molar-refractivity contribution is 6.41. The van der Waals surface area contributed by atoms with Gasteiger partial charge < -0.3 is 5.11 Å². The molecule has 4 heteroatoms. The van der Waals surface area contributed by atoms with E-state index in [4.69, 9.17) is 5.11 Å². The lowest BCUT2D eigenvalue weighted by molar-refractivity contribution is -0.138. The van der Waals surface area contributed by atoms with E-state index in [0.29, 0.717) is 0 Å². The monoisotopic (exact) mass is 154 g/mol. The molecule has 60 valence electrons. The van der Waals surface area contributed by atoms with Crippen LogP contribution in [0, 0.1) is 0 Å². The Morgan fingerprint density at radius 3 is 2.64 bits per heavy atom. The highest BCUT2D eigenvalue weighted by Crippen LogP contribution is 2.01. The van der Waals surface area contributed by atoms with Crippen molar-refractivity contribution in [1.82, 2.24) is 0 Å². The number of nitrogens with zero attached hydrogens (tertiary/aromatic N) is 2. The van der Waals surface area contributed by atoms with Crippen LogP contribution in [0.5, 0.6) is 0 Å². The van der Waals surface area contributed by atoms with Crippen LogP contribution in [-0.4, -0.2) is 35.1 Å². The van der Waals surface area contributed by atoms with Crippen molar-refractivity contribution in [3.8, 4) is 0 Å². The molecule has 0 saturated carbocycles. The van der Waals surface area contributed by atoms with Crippen molar-refractivity contribution in [2.45, 2.75) is 19.9 Å². The molecule has 0 fully saturated rings. The Hall–Kier alpha value is -1.19. The third-order valence-corrected chi connectivity index (χ3v) is 1.66. The summed E-state index contributed by atoms with van der Waals surface area (Å²) < 4.78 is 0. The van der Waals surface area contributed by atoms with Gasteiger partial charge >= 0.3 is 5.97 Å². The molecule has 1 atom stereocenters. The zero-order chi connectivity index (χ0) is 8.43. The minimum absolute atomic E-state index is 0.276. The number of hydrogen-bond acceptors (Lipinski definition) is 3. The van der Waals surface area contributed by atoms with Gasteiger partial charge in [-0.05, 0) is 13.8 Å². The molecular formula is C7H10N2O2. The van der Waals surface area contributed by atoms with E-state index < -0.39 is 12.0 Å². The number of carbonyl (C=O) groups is 1. The fourth-order valence-electron chi connectivity index (χ4n) is 0.839. The van der Waals surface area contributed by atoms with Gasteiger partial charge in [0.15, 0.2) is 6.04 Å². The average molecular weight is 154 g/mol. The molecule has 0 bridgehead atoms. The molecule has 1 N–H and O–H groups in total. The van der Waals surface area contributed by atoms with E-state index in [2.05, 4.69) is 9.98 Å². The smallest absolute Gasteiger partial charge is 0.330 e. The molecule has 11 heavy (non-hydrogen) atoms. The van der Waals surface area contributed by atoms with E-state index in [-0.39, 0.29) is 6.54 Å². The third-order valence-electron chi connectivity index (χ3n) is 1.66. The van der Waals surface area contributed by atoms with Gasteiger partial charge in [-0.3, -0.25) is 9.98 Å². The van der Waals surface area contributed by atoms with Crippen LogP contribution in [0.15, 0.2) is 9.98 Å². The van der Waals surface area contributed by atoms with Gasteiger partial charge in [-0.25, -0.2) is 4.79 Å². The number of aliphatic carboxylic acids is 1. The van der Waals surface area contributed by atoms with Crippen LogP contribution in [0.2, 0.25) is 0 Å². The van der Waals surface area contributed by atoms with Crippen LogP contribution in [0.1, 0.15) is 13.8 Å². The first-order valence-electron chi connectivity index (χ1n) is 3.40. The van der Waals surface area contributed by atoms with Gasteiger partial charge in [-0.15, -0.1) is 0 Å². The summed E-state index contributed by atoms with van der Waals surface area (Å²) in [6.45, 7) is 3.88.